The average Bonchev–Trinajstić information content (AvgIpc) is 3.01. The van der Waals surface area contributed by atoms with Crippen molar-refractivity contribution in [1.82, 2.24) is 4.98 Å². The number of anilines is 1. The standard InChI is InChI=1S/C16H17F3N2O2S/c1-9-4-3-7-15(9,2)13(22)21-14-20-11-6-5-10(8-12(11)24-14)23-16(17,18)19/h5-6,8-9H,3-4,7H2,1-2H3,(H,20,21,22). The molecule has 1 fully saturated rings. The third kappa shape index (κ3) is 3.33. The van der Waals surface area contributed by atoms with Gasteiger partial charge < -0.3 is 10.1 Å². The van der Waals surface area contributed by atoms with Gasteiger partial charge in [-0.3, -0.25) is 4.79 Å². The predicted molar refractivity (Wildman–Crippen MR) is 86.1 cm³/mol. The zero-order chi connectivity index (χ0) is 17.5. The molecule has 24 heavy (non-hydrogen) atoms. The van der Waals surface area contributed by atoms with Gasteiger partial charge in [0.25, 0.3) is 0 Å². The van der Waals surface area contributed by atoms with Crippen LogP contribution < -0.4 is 10.1 Å². The molecule has 1 aliphatic rings. The van der Waals surface area contributed by atoms with Gasteiger partial charge in [-0.15, -0.1) is 13.2 Å². The highest BCUT2D eigenvalue weighted by atomic mass is 32.1. The van der Waals surface area contributed by atoms with Crippen molar-refractivity contribution in [1.29, 1.82) is 0 Å². The van der Waals surface area contributed by atoms with Gasteiger partial charge in [-0.25, -0.2) is 4.98 Å². The molecule has 4 nitrogen and oxygen atoms in total. The van der Waals surface area contributed by atoms with Crippen LogP contribution in [0.2, 0.25) is 0 Å². The van der Waals surface area contributed by atoms with E-state index in [2.05, 4.69) is 22.0 Å². The Balaban J connectivity index is 1.80. The number of benzene rings is 1. The minimum atomic E-state index is -4.73. The Morgan fingerprint density at radius 2 is 2.21 bits per heavy atom. The first-order chi connectivity index (χ1) is 11.2. The third-order valence-corrected chi connectivity index (χ3v) is 5.69. The van der Waals surface area contributed by atoms with Gasteiger partial charge in [-0.1, -0.05) is 31.6 Å². The highest BCUT2D eigenvalue weighted by molar-refractivity contribution is 7.22. The molecule has 1 aromatic heterocycles. The van der Waals surface area contributed by atoms with Crippen LogP contribution in [-0.4, -0.2) is 17.3 Å². The largest absolute Gasteiger partial charge is 0.573 e. The van der Waals surface area contributed by atoms with E-state index in [9.17, 15) is 18.0 Å². The van der Waals surface area contributed by atoms with Crippen molar-refractivity contribution in [2.75, 3.05) is 5.32 Å². The summed E-state index contributed by atoms with van der Waals surface area (Å²) in [6.07, 6.45) is -1.87. The van der Waals surface area contributed by atoms with E-state index < -0.39 is 11.8 Å². The van der Waals surface area contributed by atoms with Gasteiger partial charge in [-0.2, -0.15) is 0 Å². The first kappa shape index (κ1) is 17.0. The van der Waals surface area contributed by atoms with Crippen LogP contribution in [0.1, 0.15) is 33.1 Å². The molecule has 130 valence electrons. The van der Waals surface area contributed by atoms with Gasteiger partial charge in [0.1, 0.15) is 5.75 Å². The lowest BCUT2D eigenvalue weighted by molar-refractivity contribution is -0.274. The molecule has 1 aromatic carbocycles. The summed E-state index contributed by atoms with van der Waals surface area (Å²) in [4.78, 5) is 16.8. The van der Waals surface area contributed by atoms with Gasteiger partial charge in [0.15, 0.2) is 5.13 Å². The number of carbonyl (C=O) groups excluding carboxylic acids is 1. The van der Waals surface area contributed by atoms with Gasteiger partial charge in [0.2, 0.25) is 5.91 Å². The lowest BCUT2D eigenvalue weighted by Crippen LogP contribution is -2.35. The van der Waals surface area contributed by atoms with Crippen molar-refractivity contribution in [3.63, 3.8) is 0 Å². The maximum atomic E-state index is 12.6. The number of halogens is 3. The van der Waals surface area contributed by atoms with Crippen LogP contribution in [0.25, 0.3) is 10.2 Å². The highest BCUT2D eigenvalue weighted by Crippen LogP contribution is 2.44. The van der Waals surface area contributed by atoms with Crippen molar-refractivity contribution < 1.29 is 22.7 Å². The molecule has 1 N–H and O–H groups in total. The van der Waals surface area contributed by atoms with Crippen LogP contribution in [0.4, 0.5) is 18.3 Å². The number of amides is 1. The van der Waals surface area contributed by atoms with E-state index in [0.29, 0.717) is 21.3 Å². The summed E-state index contributed by atoms with van der Waals surface area (Å²) >= 11 is 1.13. The second kappa shape index (κ2) is 5.91. The molecule has 0 spiro atoms. The number of hydrogen-bond donors (Lipinski definition) is 1. The number of alkyl halides is 3. The molecule has 1 amide bonds. The molecule has 0 bridgehead atoms. The second-order valence-electron chi connectivity index (χ2n) is 6.36. The number of ether oxygens (including phenoxy) is 1. The smallest absolute Gasteiger partial charge is 0.406 e. The Bertz CT molecular complexity index is 774. The van der Waals surface area contributed by atoms with Crippen LogP contribution in [0.3, 0.4) is 0 Å². The van der Waals surface area contributed by atoms with Crippen LogP contribution in [0.15, 0.2) is 18.2 Å². The van der Waals surface area contributed by atoms with Gasteiger partial charge in [-0.05, 0) is 30.9 Å². The summed E-state index contributed by atoms with van der Waals surface area (Å²) < 4.78 is 41.3. The molecule has 1 saturated carbocycles. The summed E-state index contributed by atoms with van der Waals surface area (Å²) in [5, 5.41) is 3.21. The summed E-state index contributed by atoms with van der Waals surface area (Å²) in [5.74, 6) is -0.0927. The van der Waals surface area contributed by atoms with E-state index in [1.165, 1.54) is 18.2 Å². The number of aromatic nitrogens is 1. The average molecular weight is 358 g/mol. The lowest BCUT2D eigenvalue weighted by Gasteiger charge is -2.27. The zero-order valence-corrected chi connectivity index (χ0v) is 14.1. The van der Waals surface area contributed by atoms with Gasteiger partial charge >= 0.3 is 6.36 Å². The molecular weight excluding hydrogens is 341 g/mol. The molecule has 2 unspecified atom stereocenters. The molecule has 3 rings (SSSR count). The molecule has 2 atom stereocenters. The quantitative estimate of drug-likeness (QED) is 0.844. The first-order valence-corrected chi connectivity index (χ1v) is 8.47. The number of nitrogens with one attached hydrogen (secondary N) is 1. The number of fused-ring (bicyclic) bond motifs is 1. The van der Waals surface area contributed by atoms with Crippen molar-refractivity contribution >= 4 is 32.6 Å². The normalized spacial score (nSPS) is 24.3. The monoisotopic (exact) mass is 358 g/mol. The van der Waals surface area contributed by atoms with E-state index in [0.717, 1.165) is 30.6 Å². The summed E-state index contributed by atoms with van der Waals surface area (Å²) in [6, 6.07) is 3.93. The lowest BCUT2D eigenvalue weighted by atomic mass is 9.80. The topological polar surface area (TPSA) is 51.2 Å². The fraction of sp³-hybridized carbons (Fsp3) is 0.500. The predicted octanol–water partition coefficient (Wildman–Crippen LogP) is 4.96. The van der Waals surface area contributed by atoms with Crippen molar-refractivity contribution in [2.24, 2.45) is 11.3 Å². The van der Waals surface area contributed by atoms with Crippen LogP contribution >= 0.6 is 11.3 Å². The summed E-state index contributed by atoms with van der Waals surface area (Å²) in [5.41, 5.74) is 0.0945. The number of thiazole rings is 1. The van der Waals surface area contributed by atoms with Crippen LogP contribution in [0.5, 0.6) is 5.75 Å². The fourth-order valence-corrected chi connectivity index (χ4v) is 3.96. The van der Waals surface area contributed by atoms with E-state index in [-0.39, 0.29) is 11.7 Å². The number of rotatable bonds is 3. The molecular formula is C16H17F3N2O2S. The van der Waals surface area contributed by atoms with E-state index >= 15 is 0 Å². The van der Waals surface area contributed by atoms with E-state index in [1.54, 1.807) is 0 Å². The Morgan fingerprint density at radius 1 is 1.46 bits per heavy atom. The molecule has 0 aliphatic heterocycles. The van der Waals surface area contributed by atoms with Crippen molar-refractivity contribution in [3.8, 4) is 5.75 Å². The number of carbonyl (C=O) groups is 1. The second-order valence-corrected chi connectivity index (χ2v) is 7.39. The van der Waals surface area contributed by atoms with Crippen LogP contribution in [0, 0.1) is 11.3 Å². The molecule has 0 saturated heterocycles. The van der Waals surface area contributed by atoms with Gasteiger partial charge in [0, 0.05) is 11.5 Å². The Labute approximate surface area is 141 Å². The van der Waals surface area contributed by atoms with Crippen molar-refractivity contribution in [2.45, 2.75) is 39.5 Å². The van der Waals surface area contributed by atoms with Crippen molar-refractivity contribution in [3.05, 3.63) is 18.2 Å². The SMILES string of the molecule is CC1CCCC1(C)C(=O)Nc1nc2ccc(OC(F)(F)F)cc2s1. The molecule has 1 aliphatic carbocycles. The fourth-order valence-electron chi connectivity index (χ4n) is 3.07. The summed E-state index contributed by atoms with van der Waals surface area (Å²) in [7, 11) is 0. The molecule has 8 heteroatoms. The highest BCUT2D eigenvalue weighted by Gasteiger charge is 2.42. The number of hydrogen-bond acceptors (Lipinski definition) is 4. The van der Waals surface area contributed by atoms with Gasteiger partial charge in [0.05, 0.1) is 10.2 Å². The Hall–Kier alpha value is -1.83. The first-order valence-electron chi connectivity index (χ1n) is 7.65. The number of nitrogens with zero attached hydrogens (tertiary/aromatic N) is 1. The minimum absolute atomic E-state index is 0.0849. The Morgan fingerprint density at radius 3 is 2.83 bits per heavy atom. The third-order valence-electron chi connectivity index (χ3n) is 4.75. The summed E-state index contributed by atoms with van der Waals surface area (Å²) in [6.45, 7) is 4.01. The van der Waals surface area contributed by atoms with E-state index in [1.807, 2.05) is 6.92 Å². The van der Waals surface area contributed by atoms with Crippen LogP contribution in [-0.2, 0) is 4.79 Å². The maximum absolute atomic E-state index is 12.6. The molecule has 2 aromatic rings. The molecule has 0 radical (unpaired) electrons. The zero-order valence-electron chi connectivity index (χ0n) is 13.2. The van der Waals surface area contributed by atoms with E-state index in [4.69, 9.17) is 0 Å². The minimum Gasteiger partial charge on any atom is -0.406 e. The molecule has 1 heterocycles. The Kier molecular flexibility index (Phi) is 4.19. The maximum Gasteiger partial charge on any atom is 0.573 e.